The fourth-order valence-electron chi connectivity index (χ4n) is 2.95. The summed E-state index contributed by atoms with van der Waals surface area (Å²) in [7, 11) is 1.59. The molecule has 0 aliphatic heterocycles. The van der Waals surface area contributed by atoms with Crippen molar-refractivity contribution < 1.29 is 13.9 Å². The van der Waals surface area contributed by atoms with Crippen LogP contribution in [0.5, 0.6) is 5.75 Å². The van der Waals surface area contributed by atoms with Crippen LogP contribution in [0.4, 0.5) is 9.52 Å². The van der Waals surface area contributed by atoms with E-state index in [1.807, 2.05) is 6.92 Å². The molecule has 0 saturated carbocycles. The first kappa shape index (κ1) is 21.7. The summed E-state index contributed by atoms with van der Waals surface area (Å²) >= 11 is 1.25. The predicted octanol–water partition coefficient (Wildman–Crippen LogP) is 4.29. The Labute approximate surface area is 179 Å². The van der Waals surface area contributed by atoms with Crippen LogP contribution in [0.25, 0.3) is 0 Å². The lowest BCUT2D eigenvalue weighted by atomic mass is 10.1. The molecular formula is C22H25FN4O2S. The van der Waals surface area contributed by atoms with Crippen LogP contribution in [0.15, 0.2) is 48.5 Å². The number of rotatable bonds is 10. The summed E-state index contributed by atoms with van der Waals surface area (Å²) in [5.41, 5.74) is 1.18. The average molecular weight is 429 g/mol. The first-order valence-electron chi connectivity index (χ1n) is 9.83. The predicted molar refractivity (Wildman–Crippen MR) is 117 cm³/mol. The van der Waals surface area contributed by atoms with Crippen LogP contribution in [0, 0.1) is 5.82 Å². The molecule has 0 saturated heterocycles. The second kappa shape index (κ2) is 10.7. The second-order valence-corrected chi connectivity index (χ2v) is 7.56. The van der Waals surface area contributed by atoms with Crippen molar-refractivity contribution in [3.63, 3.8) is 0 Å². The molecule has 158 valence electrons. The first-order chi connectivity index (χ1) is 14.6. The van der Waals surface area contributed by atoms with Crippen molar-refractivity contribution in [2.45, 2.75) is 32.2 Å². The highest BCUT2D eigenvalue weighted by atomic mass is 32.1. The minimum Gasteiger partial charge on any atom is -0.497 e. The minimum absolute atomic E-state index is 0.0397. The highest BCUT2D eigenvalue weighted by molar-refractivity contribution is 7.09. The average Bonchev–Trinajstić information content (AvgIpc) is 3.21. The van der Waals surface area contributed by atoms with Gasteiger partial charge in [0.05, 0.1) is 7.11 Å². The SMILES string of the molecule is CCC(CCNc1nc(Cc2ccccc2F)ns1)NC(=O)c1ccc(OC)cc1. The fourth-order valence-corrected chi connectivity index (χ4v) is 3.56. The lowest BCUT2D eigenvalue weighted by Gasteiger charge is -2.17. The van der Waals surface area contributed by atoms with Crippen LogP contribution in [0.2, 0.25) is 0 Å². The molecule has 3 rings (SSSR count). The van der Waals surface area contributed by atoms with Crippen LogP contribution in [0.1, 0.15) is 41.5 Å². The van der Waals surface area contributed by atoms with Crippen molar-refractivity contribution in [3.05, 3.63) is 71.3 Å². The Kier molecular flexibility index (Phi) is 7.73. The highest BCUT2D eigenvalue weighted by Crippen LogP contribution is 2.16. The van der Waals surface area contributed by atoms with Gasteiger partial charge in [0.1, 0.15) is 17.4 Å². The van der Waals surface area contributed by atoms with Crippen molar-refractivity contribution in [1.29, 1.82) is 0 Å². The summed E-state index contributed by atoms with van der Waals surface area (Å²) in [5, 5.41) is 6.99. The zero-order chi connectivity index (χ0) is 21.3. The molecule has 0 radical (unpaired) electrons. The van der Waals surface area contributed by atoms with Gasteiger partial charge in [-0.3, -0.25) is 4.79 Å². The number of anilines is 1. The molecule has 0 aliphatic carbocycles. The molecule has 2 aromatic carbocycles. The third-order valence-electron chi connectivity index (χ3n) is 4.72. The molecule has 0 bridgehead atoms. The van der Waals surface area contributed by atoms with E-state index in [0.717, 1.165) is 12.8 Å². The van der Waals surface area contributed by atoms with E-state index in [1.165, 1.54) is 17.6 Å². The quantitative estimate of drug-likeness (QED) is 0.504. The Hall–Kier alpha value is -3.00. The van der Waals surface area contributed by atoms with Gasteiger partial charge in [-0.1, -0.05) is 25.1 Å². The molecular weight excluding hydrogens is 403 g/mol. The van der Waals surface area contributed by atoms with Gasteiger partial charge in [0.2, 0.25) is 5.13 Å². The maximum absolute atomic E-state index is 13.8. The van der Waals surface area contributed by atoms with Crippen LogP contribution in [-0.4, -0.2) is 35.0 Å². The van der Waals surface area contributed by atoms with E-state index < -0.39 is 0 Å². The summed E-state index contributed by atoms with van der Waals surface area (Å²) in [4.78, 5) is 16.9. The lowest BCUT2D eigenvalue weighted by Crippen LogP contribution is -2.35. The fraction of sp³-hybridized carbons (Fsp3) is 0.318. The number of carbonyl (C=O) groups is 1. The molecule has 8 heteroatoms. The summed E-state index contributed by atoms with van der Waals surface area (Å²) in [6.07, 6.45) is 1.93. The van der Waals surface area contributed by atoms with Gasteiger partial charge in [-0.2, -0.15) is 4.37 Å². The molecule has 1 unspecified atom stereocenters. The third-order valence-corrected chi connectivity index (χ3v) is 5.43. The molecule has 30 heavy (non-hydrogen) atoms. The van der Waals surface area contributed by atoms with Gasteiger partial charge in [-0.05, 0) is 48.7 Å². The molecule has 0 fully saturated rings. The number of halogens is 1. The van der Waals surface area contributed by atoms with Gasteiger partial charge < -0.3 is 15.4 Å². The molecule has 0 spiro atoms. The van der Waals surface area contributed by atoms with Gasteiger partial charge >= 0.3 is 0 Å². The van der Waals surface area contributed by atoms with E-state index in [1.54, 1.807) is 49.6 Å². The molecule has 6 nitrogen and oxygen atoms in total. The number of aromatic nitrogens is 2. The highest BCUT2D eigenvalue weighted by Gasteiger charge is 2.13. The van der Waals surface area contributed by atoms with Crippen molar-refractivity contribution in [1.82, 2.24) is 14.7 Å². The standard InChI is InChI=1S/C22H25FN4O2S/c1-3-17(25-21(28)15-8-10-18(29-2)11-9-15)12-13-24-22-26-20(27-30-22)14-16-6-4-5-7-19(16)23/h4-11,17H,3,12-14H2,1-2H3,(H,25,28)(H,24,26,27). The van der Waals surface area contributed by atoms with E-state index in [0.29, 0.717) is 40.8 Å². The van der Waals surface area contributed by atoms with Gasteiger partial charge in [0.25, 0.3) is 5.91 Å². The zero-order valence-electron chi connectivity index (χ0n) is 17.0. The van der Waals surface area contributed by atoms with Gasteiger partial charge in [-0.15, -0.1) is 0 Å². The molecule has 1 aromatic heterocycles. The largest absolute Gasteiger partial charge is 0.497 e. The Morgan fingerprint density at radius 2 is 1.97 bits per heavy atom. The summed E-state index contributed by atoms with van der Waals surface area (Å²) in [6.45, 7) is 2.69. The number of carbonyl (C=O) groups excluding carboxylic acids is 1. The number of hydrogen-bond acceptors (Lipinski definition) is 6. The topological polar surface area (TPSA) is 76.1 Å². The summed E-state index contributed by atoms with van der Waals surface area (Å²) in [5.74, 6) is 0.953. The maximum Gasteiger partial charge on any atom is 0.251 e. The summed E-state index contributed by atoms with van der Waals surface area (Å²) < 4.78 is 23.2. The van der Waals surface area contributed by atoms with Gasteiger partial charge in [0, 0.05) is 36.1 Å². The van der Waals surface area contributed by atoms with Crippen LogP contribution in [-0.2, 0) is 6.42 Å². The Balaban J connectivity index is 1.47. The van der Waals surface area contributed by atoms with Gasteiger partial charge in [0.15, 0.2) is 0 Å². The van der Waals surface area contributed by atoms with E-state index in [4.69, 9.17) is 4.74 Å². The molecule has 0 aliphatic rings. The van der Waals surface area contributed by atoms with E-state index in [-0.39, 0.29) is 17.8 Å². The van der Waals surface area contributed by atoms with E-state index >= 15 is 0 Å². The van der Waals surface area contributed by atoms with Crippen LogP contribution in [0.3, 0.4) is 0 Å². The molecule has 1 atom stereocenters. The van der Waals surface area contributed by atoms with Crippen molar-refractivity contribution in [2.24, 2.45) is 0 Å². The zero-order valence-corrected chi connectivity index (χ0v) is 17.8. The third kappa shape index (κ3) is 6.00. The first-order valence-corrected chi connectivity index (χ1v) is 10.6. The number of ether oxygens (including phenoxy) is 1. The lowest BCUT2D eigenvalue weighted by molar-refractivity contribution is 0.0934. The second-order valence-electron chi connectivity index (χ2n) is 6.81. The minimum atomic E-state index is -0.250. The van der Waals surface area contributed by atoms with Crippen LogP contribution < -0.4 is 15.4 Å². The van der Waals surface area contributed by atoms with E-state index in [2.05, 4.69) is 20.0 Å². The number of nitrogens with one attached hydrogen (secondary N) is 2. The number of nitrogens with zero attached hydrogens (tertiary/aromatic N) is 2. The molecule has 2 N–H and O–H groups in total. The number of hydrogen-bond donors (Lipinski definition) is 2. The smallest absolute Gasteiger partial charge is 0.251 e. The van der Waals surface area contributed by atoms with E-state index in [9.17, 15) is 9.18 Å². The Bertz CT molecular complexity index is 962. The Morgan fingerprint density at radius 1 is 1.20 bits per heavy atom. The monoisotopic (exact) mass is 428 g/mol. The maximum atomic E-state index is 13.8. The number of methoxy groups -OCH3 is 1. The van der Waals surface area contributed by atoms with Gasteiger partial charge in [-0.25, -0.2) is 9.37 Å². The number of amides is 1. The molecule has 3 aromatic rings. The summed E-state index contributed by atoms with van der Waals surface area (Å²) in [6, 6.07) is 13.7. The van der Waals surface area contributed by atoms with Crippen molar-refractivity contribution in [2.75, 3.05) is 19.0 Å². The number of benzene rings is 2. The van der Waals surface area contributed by atoms with Crippen molar-refractivity contribution >= 4 is 22.6 Å². The van der Waals surface area contributed by atoms with Crippen molar-refractivity contribution in [3.8, 4) is 5.75 Å². The molecule has 1 heterocycles. The Morgan fingerprint density at radius 3 is 2.67 bits per heavy atom. The normalized spacial score (nSPS) is 11.7. The molecule has 1 amide bonds. The van der Waals surface area contributed by atoms with Crippen LogP contribution >= 0.6 is 11.5 Å².